The maximum absolute atomic E-state index is 12.6. The van der Waals surface area contributed by atoms with Crippen molar-refractivity contribution in [3.8, 4) is 11.5 Å². The predicted octanol–water partition coefficient (Wildman–Crippen LogP) is 1.71. The molecule has 4 aromatic rings. The number of nitrogens with zero attached hydrogens (tertiary/aromatic N) is 4. The molecule has 4 rings (SSSR count). The van der Waals surface area contributed by atoms with Gasteiger partial charge in [-0.05, 0) is 36.8 Å². The van der Waals surface area contributed by atoms with Gasteiger partial charge in [0.2, 0.25) is 5.95 Å². The van der Waals surface area contributed by atoms with Crippen molar-refractivity contribution >= 4 is 22.8 Å². The molecular weight excluding hydrogens is 452 g/mol. The van der Waals surface area contributed by atoms with Crippen LogP contribution in [0.25, 0.3) is 11.2 Å². The third kappa shape index (κ3) is 5.25. The molecule has 0 radical (unpaired) electrons. The van der Waals surface area contributed by atoms with Crippen LogP contribution in [0.5, 0.6) is 11.5 Å². The first kappa shape index (κ1) is 23.8. The van der Waals surface area contributed by atoms with E-state index in [4.69, 9.17) is 9.47 Å². The summed E-state index contributed by atoms with van der Waals surface area (Å²) < 4.78 is 13.5. The van der Waals surface area contributed by atoms with Gasteiger partial charge in [-0.2, -0.15) is 10.1 Å². The summed E-state index contributed by atoms with van der Waals surface area (Å²) in [4.78, 5) is 31.4. The topological polar surface area (TPSA) is 136 Å². The van der Waals surface area contributed by atoms with E-state index < -0.39 is 17.4 Å². The molecular formula is C24H26N6O5. The van der Waals surface area contributed by atoms with E-state index in [9.17, 15) is 14.7 Å². The fourth-order valence-corrected chi connectivity index (χ4v) is 3.50. The minimum absolute atomic E-state index is 0.0316. The predicted molar refractivity (Wildman–Crippen MR) is 132 cm³/mol. The molecule has 0 aliphatic heterocycles. The Morgan fingerprint density at radius 1 is 1.14 bits per heavy atom. The van der Waals surface area contributed by atoms with Crippen molar-refractivity contribution in [2.75, 3.05) is 19.1 Å². The summed E-state index contributed by atoms with van der Waals surface area (Å²) in [7, 11) is 3.08. The quantitative estimate of drug-likeness (QED) is 0.246. The zero-order chi connectivity index (χ0) is 24.9. The molecule has 1 unspecified atom stereocenters. The number of anilines is 1. The molecule has 0 saturated heterocycles. The highest BCUT2D eigenvalue weighted by Gasteiger charge is 2.20. The van der Waals surface area contributed by atoms with Gasteiger partial charge in [-0.25, -0.2) is 10.2 Å². The summed E-state index contributed by atoms with van der Waals surface area (Å²) in [6.45, 7) is 1.76. The maximum Gasteiger partial charge on any atom is 0.329 e. The molecule has 2 aromatic carbocycles. The lowest BCUT2D eigenvalue weighted by molar-refractivity contribution is 0.0938. The van der Waals surface area contributed by atoms with E-state index in [2.05, 4.69) is 20.5 Å². The van der Waals surface area contributed by atoms with Gasteiger partial charge in [-0.3, -0.25) is 14.3 Å². The number of H-pyrrole nitrogens is 1. The highest BCUT2D eigenvalue weighted by molar-refractivity contribution is 5.99. The second-order valence-electron chi connectivity index (χ2n) is 7.85. The van der Waals surface area contributed by atoms with Crippen LogP contribution in [-0.2, 0) is 13.6 Å². The van der Waals surface area contributed by atoms with Crippen LogP contribution in [0, 0.1) is 0 Å². The van der Waals surface area contributed by atoms with Gasteiger partial charge in [0.1, 0.15) is 24.2 Å². The van der Waals surface area contributed by atoms with E-state index in [1.54, 1.807) is 31.4 Å². The largest absolute Gasteiger partial charge is 0.497 e. The molecule has 3 N–H and O–H groups in total. The summed E-state index contributed by atoms with van der Waals surface area (Å²) in [6, 6.07) is 16.5. The Morgan fingerprint density at radius 3 is 2.51 bits per heavy atom. The van der Waals surface area contributed by atoms with Crippen LogP contribution in [0.3, 0.4) is 0 Å². The van der Waals surface area contributed by atoms with Crippen LogP contribution in [-0.4, -0.2) is 49.7 Å². The normalized spacial score (nSPS) is 12.5. The number of rotatable bonds is 9. The van der Waals surface area contributed by atoms with Crippen LogP contribution in [0.2, 0.25) is 0 Å². The summed E-state index contributed by atoms with van der Waals surface area (Å²) >= 11 is 0. The number of fused-ring (bicyclic) bond motifs is 1. The van der Waals surface area contributed by atoms with Gasteiger partial charge in [0.25, 0.3) is 5.56 Å². The Balaban J connectivity index is 1.62. The molecule has 1 atom stereocenters. The van der Waals surface area contributed by atoms with E-state index in [-0.39, 0.29) is 30.3 Å². The van der Waals surface area contributed by atoms with Crippen molar-refractivity contribution in [2.24, 2.45) is 12.1 Å². The van der Waals surface area contributed by atoms with Crippen molar-refractivity contribution in [3.05, 3.63) is 81.0 Å². The minimum atomic E-state index is -0.995. The van der Waals surface area contributed by atoms with Gasteiger partial charge in [0, 0.05) is 7.05 Å². The standard InChI is InChI=1S/C24H26N6O5/c1-15(16-7-5-4-6-8-16)27-28-23-25-21-20(22(32)26-24(33)29(21)2)30(23)13-17(31)14-35-19-11-9-18(34-3)10-12-19/h4-12,17,31H,13-14H2,1-3H3,(H,25,28)(H,26,32,33)/b27-15-. The molecule has 0 fully saturated rings. The molecule has 2 heterocycles. The molecule has 0 bridgehead atoms. The third-order valence-corrected chi connectivity index (χ3v) is 5.42. The fourth-order valence-electron chi connectivity index (χ4n) is 3.50. The van der Waals surface area contributed by atoms with Gasteiger partial charge in [-0.1, -0.05) is 30.3 Å². The van der Waals surface area contributed by atoms with E-state index >= 15 is 0 Å². The smallest absolute Gasteiger partial charge is 0.329 e. The highest BCUT2D eigenvalue weighted by atomic mass is 16.5. The molecule has 0 spiro atoms. The van der Waals surface area contributed by atoms with Crippen LogP contribution in [0.1, 0.15) is 12.5 Å². The number of hydrogen-bond acceptors (Lipinski definition) is 8. The first-order valence-electron chi connectivity index (χ1n) is 10.9. The summed E-state index contributed by atoms with van der Waals surface area (Å²) in [5.74, 6) is 1.45. The van der Waals surface area contributed by atoms with Crippen LogP contribution in [0.4, 0.5) is 5.95 Å². The first-order chi connectivity index (χ1) is 16.9. The Morgan fingerprint density at radius 2 is 1.83 bits per heavy atom. The van der Waals surface area contributed by atoms with Crippen LogP contribution < -0.4 is 26.1 Å². The Hall–Kier alpha value is -4.38. The zero-order valence-electron chi connectivity index (χ0n) is 19.6. The number of imidazole rings is 1. The van der Waals surface area contributed by atoms with Crippen LogP contribution in [0.15, 0.2) is 69.3 Å². The number of methoxy groups -OCH3 is 1. The molecule has 0 aliphatic carbocycles. The molecule has 11 heteroatoms. The molecule has 182 valence electrons. The molecule has 0 saturated carbocycles. The summed E-state index contributed by atoms with van der Waals surface area (Å²) in [5, 5.41) is 15.1. The van der Waals surface area contributed by atoms with Gasteiger partial charge in [-0.15, -0.1) is 0 Å². The Labute approximate surface area is 200 Å². The molecule has 0 amide bonds. The second-order valence-corrected chi connectivity index (χ2v) is 7.85. The number of aliphatic hydroxyl groups is 1. The minimum Gasteiger partial charge on any atom is -0.497 e. The number of hydrogen-bond donors (Lipinski definition) is 3. The van der Waals surface area contributed by atoms with E-state index in [0.29, 0.717) is 17.2 Å². The van der Waals surface area contributed by atoms with Gasteiger partial charge in [0.05, 0.1) is 19.4 Å². The zero-order valence-corrected chi connectivity index (χ0v) is 19.6. The monoisotopic (exact) mass is 478 g/mol. The molecule has 0 aliphatic rings. The third-order valence-electron chi connectivity index (χ3n) is 5.42. The van der Waals surface area contributed by atoms with E-state index in [1.807, 2.05) is 37.3 Å². The lowest BCUT2D eigenvalue weighted by Crippen LogP contribution is -2.30. The number of ether oxygens (including phenoxy) is 2. The Bertz CT molecular complexity index is 1450. The number of hydrazone groups is 1. The van der Waals surface area contributed by atoms with Crippen molar-refractivity contribution in [2.45, 2.75) is 19.6 Å². The fraction of sp³-hybridized carbons (Fsp3) is 0.250. The Kier molecular flexibility index (Phi) is 6.97. The van der Waals surface area contributed by atoms with Gasteiger partial charge in [0.15, 0.2) is 11.2 Å². The second kappa shape index (κ2) is 10.3. The number of aromatic nitrogens is 4. The number of aromatic amines is 1. The van der Waals surface area contributed by atoms with Gasteiger partial charge < -0.3 is 19.1 Å². The first-order valence-corrected chi connectivity index (χ1v) is 10.9. The molecule has 35 heavy (non-hydrogen) atoms. The average Bonchev–Trinajstić information content (AvgIpc) is 3.24. The number of aliphatic hydroxyl groups excluding tert-OH is 1. The number of aryl methyl sites for hydroxylation is 1. The number of benzene rings is 2. The lowest BCUT2D eigenvalue weighted by atomic mass is 10.1. The maximum atomic E-state index is 12.6. The average molecular weight is 479 g/mol. The van der Waals surface area contributed by atoms with Crippen molar-refractivity contribution in [3.63, 3.8) is 0 Å². The summed E-state index contributed by atoms with van der Waals surface area (Å²) in [6.07, 6.45) is -0.995. The van der Waals surface area contributed by atoms with Crippen molar-refractivity contribution in [1.29, 1.82) is 0 Å². The van der Waals surface area contributed by atoms with E-state index in [1.165, 1.54) is 16.2 Å². The summed E-state index contributed by atoms with van der Waals surface area (Å²) in [5.41, 5.74) is 3.55. The van der Waals surface area contributed by atoms with E-state index in [0.717, 1.165) is 5.56 Å². The van der Waals surface area contributed by atoms with Gasteiger partial charge >= 0.3 is 5.69 Å². The SMILES string of the molecule is COc1ccc(OCC(O)Cn2c(N/N=C(/C)c3ccccc3)nc3c2c(=O)[nH]c(=O)n3C)cc1. The van der Waals surface area contributed by atoms with Crippen molar-refractivity contribution in [1.82, 2.24) is 19.1 Å². The highest BCUT2D eigenvalue weighted by Crippen LogP contribution is 2.19. The number of nitrogens with one attached hydrogen (secondary N) is 2. The molecule has 2 aromatic heterocycles. The molecule has 11 nitrogen and oxygen atoms in total. The van der Waals surface area contributed by atoms with Crippen molar-refractivity contribution < 1.29 is 14.6 Å². The lowest BCUT2D eigenvalue weighted by Gasteiger charge is -2.15. The van der Waals surface area contributed by atoms with Crippen LogP contribution >= 0.6 is 0 Å².